The number of carbonyl (C=O) groups excluding carboxylic acids is 2. The fourth-order valence-electron chi connectivity index (χ4n) is 0.717. The van der Waals surface area contributed by atoms with Crippen molar-refractivity contribution in [2.24, 2.45) is 0 Å². The van der Waals surface area contributed by atoms with E-state index in [1.165, 1.54) is 6.92 Å². The molecule has 0 aromatic rings. The monoisotopic (exact) mass is 203 g/mol. The molecule has 4 N–H and O–H groups in total. The third kappa shape index (κ3) is 4.70. The van der Waals surface area contributed by atoms with E-state index in [1.54, 1.807) is 0 Å². The zero-order valence-corrected chi connectivity index (χ0v) is 7.67. The second-order valence-electron chi connectivity index (χ2n) is 2.66. The van der Waals surface area contributed by atoms with E-state index in [9.17, 15) is 9.59 Å². The lowest BCUT2D eigenvalue weighted by Crippen LogP contribution is -2.30. The van der Waals surface area contributed by atoms with E-state index < -0.39 is 24.7 Å². The zero-order chi connectivity index (χ0) is 11.1. The van der Waals surface area contributed by atoms with Crippen molar-refractivity contribution in [2.75, 3.05) is 6.61 Å². The first-order valence-electron chi connectivity index (χ1n) is 3.92. The first-order valence-corrected chi connectivity index (χ1v) is 3.92. The van der Waals surface area contributed by atoms with Gasteiger partial charge in [-0.25, -0.2) is 0 Å². The number of aliphatic hydroxyl groups is 3. The summed E-state index contributed by atoms with van der Waals surface area (Å²) in [6.07, 6.45) is -1.49. The molecule has 0 fully saturated rings. The molecule has 2 atom stereocenters. The van der Waals surface area contributed by atoms with Crippen LogP contribution in [0, 0.1) is 0 Å². The fourth-order valence-corrected chi connectivity index (χ4v) is 0.717. The van der Waals surface area contributed by atoms with E-state index in [1.807, 2.05) is 0 Å². The Hall–Kier alpha value is -1.24. The molecular weight excluding hydrogens is 190 g/mol. The quantitative estimate of drug-likeness (QED) is 0.303. The van der Waals surface area contributed by atoms with Crippen LogP contribution in [-0.2, 0) is 9.59 Å². The van der Waals surface area contributed by atoms with Crippen LogP contribution in [0.3, 0.4) is 0 Å². The summed E-state index contributed by atoms with van der Waals surface area (Å²) in [5.41, 5.74) is -0.155. The Labute approximate surface area is 80.9 Å². The van der Waals surface area contributed by atoms with Crippen molar-refractivity contribution in [3.8, 4) is 0 Å². The van der Waals surface area contributed by atoms with Gasteiger partial charge in [0.2, 0.25) is 5.91 Å². The molecule has 6 nitrogen and oxygen atoms in total. The predicted molar refractivity (Wildman–Crippen MR) is 47.1 cm³/mol. The highest BCUT2D eigenvalue weighted by Crippen LogP contribution is 1.97. The van der Waals surface area contributed by atoms with Gasteiger partial charge in [-0.15, -0.1) is 0 Å². The van der Waals surface area contributed by atoms with Gasteiger partial charge in [-0.05, 0) is 6.08 Å². The Balaban J connectivity index is 4.42. The molecule has 0 bridgehead atoms. The molecule has 1 amide bonds. The van der Waals surface area contributed by atoms with Crippen LogP contribution in [0.2, 0.25) is 0 Å². The highest BCUT2D eigenvalue weighted by molar-refractivity contribution is 5.84. The predicted octanol–water partition coefficient (Wildman–Crippen LogP) is -2.08. The minimum atomic E-state index is -1.40. The van der Waals surface area contributed by atoms with E-state index in [-0.39, 0.29) is 5.70 Å². The third-order valence-electron chi connectivity index (χ3n) is 1.38. The Bertz CT molecular complexity index is 238. The first kappa shape index (κ1) is 12.8. The number of rotatable bonds is 5. The number of hydrogen-bond acceptors (Lipinski definition) is 5. The molecule has 0 radical (unpaired) electrons. The Kier molecular flexibility index (Phi) is 5.70. The van der Waals surface area contributed by atoms with Crippen molar-refractivity contribution in [3.05, 3.63) is 11.8 Å². The molecule has 0 aliphatic heterocycles. The van der Waals surface area contributed by atoms with E-state index in [0.717, 1.165) is 6.08 Å². The van der Waals surface area contributed by atoms with Gasteiger partial charge in [0.15, 0.2) is 6.29 Å². The molecule has 0 saturated heterocycles. The molecule has 0 aromatic heterocycles. The molecule has 0 spiro atoms. The number of hydrogen-bond donors (Lipinski definition) is 4. The third-order valence-corrected chi connectivity index (χ3v) is 1.38. The SMILES string of the molecule is CC(=O)N/C(C=O)=C/[C@H](O)[C@H](O)CO. The number of carbonyl (C=O) groups is 2. The summed E-state index contributed by atoms with van der Waals surface area (Å²) in [7, 11) is 0. The van der Waals surface area contributed by atoms with Crippen molar-refractivity contribution in [2.45, 2.75) is 19.1 Å². The summed E-state index contributed by atoms with van der Waals surface area (Å²) >= 11 is 0. The van der Waals surface area contributed by atoms with Crippen LogP contribution >= 0.6 is 0 Å². The largest absolute Gasteiger partial charge is 0.394 e. The normalized spacial score (nSPS) is 15.9. The Morgan fingerprint density at radius 1 is 1.50 bits per heavy atom. The maximum Gasteiger partial charge on any atom is 0.221 e. The van der Waals surface area contributed by atoms with Crippen molar-refractivity contribution >= 4 is 12.2 Å². The van der Waals surface area contributed by atoms with Crippen LogP contribution in [0.4, 0.5) is 0 Å². The van der Waals surface area contributed by atoms with Gasteiger partial charge in [-0.3, -0.25) is 9.59 Å². The molecule has 14 heavy (non-hydrogen) atoms. The summed E-state index contributed by atoms with van der Waals surface area (Å²) in [4.78, 5) is 20.9. The van der Waals surface area contributed by atoms with Gasteiger partial charge in [-0.2, -0.15) is 0 Å². The van der Waals surface area contributed by atoms with Crippen molar-refractivity contribution in [1.29, 1.82) is 0 Å². The molecule has 0 aliphatic rings. The average molecular weight is 203 g/mol. The van der Waals surface area contributed by atoms with Gasteiger partial charge >= 0.3 is 0 Å². The second kappa shape index (κ2) is 6.25. The number of nitrogens with one attached hydrogen (secondary N) is 1. The van der Waals surface area contributed by atoms with Crippen molar-refractivity contribution < 1.29 is 24.9 Å². The topological polar surface area (TPSA) is 107 Å². The number of amides is 1. The van der Waals surface area contributed by atoms with E-state index in [2.05, 4.69) is 5.32 Å². The summed E-state index contributed by atoms with van der Waals surface area (Å²) in [6, 6.07) is 0. The smallest absolute Gasteiger partial charge is 0.221 e. The lowest BCUT2D eigenvalue weighted by molar-refractivity contribution is -0.119. The highest BCUT2D eigenvalue weighted by atomic mass is 16.4. The van der Waals surface area contributed by atoms with Crippen LogP contribution in [0.1, 0.15) is 6.92 Å². The van der Waals surface area contributed by atoms with Crippen LogP contribution in [0.25, 0.3) is 0 Å². The number of allylic oxidation sites excluding steroid dienone is 1. The van der Waals surface area contributed by atoms with Gasteiger partial charge in [-0.1, -0.05) is 0 Å². The molecule has 0 aliphatic carbocycles. The molecule has 0 rings (SSSR count). The maximum atomic E-state index is 10.5. The van der Waals surface area contributed by atoms with Gasteiger partial charge in [0.05, 0.1) is 12.3 Å². The maximum absolute atomic E-state index is 10.5. The number of aliphatic hydroxyl groups excluding tert-OH is 3. The van der Waals surface area contributed by atoms with Crippen molar-refractivity contribution in [1.82, 2.24) is 5.32 Å². The van der Waals surface area contributed by atoms with Crippen LogP contribution < -0.4 is 5.32 Å². The lowest BCUT2D eigenvalue weighted by atomic mass is 10.2. The average Bonchev–Trinajstić information content (AvgIpc) is 2.14. The summed E-state index contributed by atoms with van der Waals surface area (Å²) in [5.74, 6) is -0.464. The Morgan fingerprint density at radius 3 is 2.43 bits per heavy atom. The van der Waals surface area contributed by atoms with Crippen LogP contribution in [0.5, 0.6) is 0 Å². The summed E-state index contributed by atoms with van der Waals surface area (Å²) in [5, 5.41) is 28.7. The molecular formula is C8H13NO5. The molecule has 0 unspecified atom stereocenters. The van der Waals surface area contributed by atoms with Gasteiger partial charge in [0, 0.05) is 6.92 Å². The molecule has 0 heterocycles. The first-order chi connectivity index (χ1) is 6.51. The molecule has 0 saturated carbocycles. The van der Waals surface area contributed by atoms with E-state index >= 15 is 0 Å². The fraction of sp³-hybridized carbons (Fsp3) is 0.500. The van der Waals surface area contributed by atoms with Crippen molar-refractivity contribution in [3.63, 3.8) is 0 Å². The zero-order valence-electron chi connectivity index (χ0n) is 7.67. The molecule has 6 heteroatoms. The highest BCUT2D eigenvalue weighted by Gasteiger charge is 2.13. The van der Waals surface area contributed by atoms with E-state index in [0.29, 0.717) is 6.29 Å². The second-order valence-corrected chi connectivity index (χ2v) is 2.66. The standard InChI is InChI=1S/C8H13NO5/c1-5(12)9-6(3-10)2-7(13)8(14)4-11/h2-3,7-8,11,13-14H,4H2,1H3,(H,9,12)/b6-2+/t7-,8+/m0/s1. The van der Waals surface area contributed by atoms with E-state index in [4.69, 9.17) is 15.3 Å². The van der Waals surface area contributed by atoms with Gasteiger partial charge in [0.1, 0.15) is 12.2 Å². The minimum Gasteiger partial charge on any atom is -0.394 e. The van der Waals surface area contributed by atoms with Crippen LogP contribution in [-0.4, -0.2) is 46.3 Å². The minimum absolute atomic E-state index is 0.155. The Morgan fingerprint density at radius 2 is 2.07 bits per heavy atom. The summed E-state index contributed by atoms with van der Waals surface area (Å²) in [6.45, 7) is 0.566. The summed E-state index contributed by atoms with van der Waals surface area (Å²) < 4.78 is 0. The van der Waals surface area contributed by atoms with Crippen LogP contribution in [0.15, 0.2) is 11.8 Å². The number of aldehydes is 1. The molecule has 0 aromatic carbocycles. The van der Waals surface area contributed by atoms with Gasteiger partial charge in [0.25, 0.3) is 0 Å². The lowest BCUT2D eigenvalue weighted by Gasteiger charge is -2.12. The molecule has 80 valence electrons. The van der Waals surface area contributed by atoms with Gasteiger partial charge < -0.3 is 20.6 Å².